The Morgan fingerprint density at radius 3 is 2.83 bits per heavy atom. The van der Waals surface area contributed by atoms with Crippen LogP contribution in [0.2, 0.25) is 0 Å². The molecule has 0 atom stereocenters. The SMILES string of the molecule is CCCOCCCNc1ccc(C(N)=S)c(F)c1. The summed E-state index contributed by atoms with van der Waals surface area (Å²) in [5, 5.41) is 3.12. The third-order valence-corrected chi connectivity index (χ3v) is 2.60. The molecular weight excluding hydrogens is 251 g/mol. The number of thiocarbonyl (C=S) groups is 1. The number of benzene rings is 1. The van der Waals surface area contributed by atoms with Gasteiger partial charge in [0.1, 0.15) is 10.8 Å². The number of nitrogens with one attached hydrogen (secondary N) is 1. The predicted molar refractivity (Wildman–Crippen MR) is 76.5 cm³/mol. The van der Waals surface area contributed by atoms with Crippen molar-refractivity contribution in [2.24, 2.45) is 5.73 Å². The van der Waals surface area contributed by atoms with Gasteiger partial charge in [0.05, 0.1) is 0 Å². The zero-order valence-corrected chi connectivity index (χ0v) is 11.4. The molecule has 0 aromatic heterocycles. The lowest BCUT2D eigenvalue weighted by atomic mass is 10.2. The minimum atomic E-state index is -0.394. The van der Waals surface area contributed by atoms with E-state index in [4.69, 9.17) is 22.7 Å². The van der Waals surface area contributed by atoms with E-state index in [-0.39, 0.29) is 10.6 Å². The molecule has 1 aromatic carbocycles. The summed E-state index contributed by atoms with van der Waals surface area (Å²) < 4.78 is 18.9. The third-order valence-electron chi connectivity index (χ3n) is 2.38. The van der Waals surface area contributed by atoms with Crippen LogP contribution in [0.4, 0.5) is 10.1 Å². The molecule has 100 valence electrons. The fourth-order valence-electron chi connectivity index (χ4n) is 1.48. The highest BCUT2D eigenvalue weighted by Gasteiger charge is 2.05. The van der Waals surface area contributed by atoms with Gasteiger partial charge < -0.3 is 15.8 Å². The Morgan fingerprint density at radius 1 is 1.44 bits per heavy atom. The van der Waals surface area contributed by atoms with E-state index in [1.807, 2.05) is 0 Å². The van der Waals surface area contributed by atoms with Crippen molar-refractivity contribution in [2.75, 3.05) is 25.1 Å². The summed E-state index contributed by atoms with van der Waals surface area (Å²) in [6.07, 6.45) is 1.91. The quantitative estimate of drug-likeness (QED) is 0.563. The average Bonchev–Trinajstić information content (AvgIpc) is 2.33. The predicted octanol–water partition coefficient (Wildman–Crippen LogP) is 2.69. The Kier molecular flexibility index (Phi) is 6.60. The fraction of sp³-hybridized carbons (Fsp3) is 0.462. The monoisotopic (exact) mass is 270 g/mol. The molecule has 18 heavy (non-hydrogen) atoms. The second-order valence-corrected chi connectivity index (χ2v) is 4.39. The zero-order chi connectivity index (χ0) is 13.4. The molecule has 0 fully saturated rings. The van der Waals surface area contributed by atoms with Crippen molar-refractivity contribution >= 4 is 22.9 Å². The number of anilines is 1. The van der Waals surface area contributed by atoms with Crippen LogP contribution >= 0.6 is 12.2 Å². The summed E-state index contributed by atoms with van der Waals surface area (Å²) >= 11 is 4.74. The molecule has 0 aliphatic rings. The minimum absolute atomic E-state index is 0.0759. The maximum absolute atomic E-state index is 13.5. The highest BCUT2D eigenvalue weighted by Crippen LogP contribution is 2.14. The van der Waals surface area contributed by atoms with Crippen LogP contribution in [-0.4, -0.2) is 24.7 Å². The van der Waals surface area contributed by atoms with E-state index in [9.17, 15) is 4.39 Å². The van der Waals surface area contributed by atoms with Crippen LogP contribution in [-0.2, 0) is 4.74 Å². The zero-order valence-electron chi connectivity index (χ0n) is 10.5. The first-order chi connectivity index (χ1) is 8.65. The molecule has 0 saturated heterocycles. The van der Waals surface area contributed by atoms with Crippen molar-refractivity contribution in [3.8, 4) is 0 Å². The first kappa shape index (κ1) is 14.9. The standard InChI is InChI=1S/C13H19FN2OS/c1-2-7-17-8-3-6-16-10-4-5-11(13(15)18)12(14)9-10/h4-5,9,16H,2-3,6-8H2,1H3,(H2,15,18). The van der Waals surface area contributed by atoms with E-state index in [1.54, 1.807) is 12.1 Å². The van der Waals surface area contributed by atoms with Crippen molar-refractivity contribution in [3.05, 3.63) is 29.6 Å². The second kappa shape index (κ2) is 8.00. The highest BCUT2D eigenvalue weighted by atomic mass is 32.1. The summed E-state index contributed by atoms with van der Waals surface area (Å²) in [5.41, 5.74) is 6.39. The summed E-state index contributed by atoms with van der Waals surface area (Å²) in [6, 6.07) is 4.76. The minimum Gasteiger partial charge on any atom is -0.389 e. The van der Waals surface area contributed by atoms with Crippen LogP contribution in [0.25, 0.3) is 0 Å². The van der Waals surface area contributed by atoms with Gasteiger partial charge in [-0.15, -0.1) is 0 Å². The molecule has 0 bridgehead atoms. The molecule has 0 aliphatic carbocycles. The van der Waals surface area contributed by atoms with Gasteiger partial charge in [0, 0.05) is 31.0 Å². The number of rotatable bonds is 8. The average molecular weight is 270 g/mol. The Balaban J connectivity index is 2.35. The summed E-state index contributed by atoms with van der Waals surface area (Å²) in [6.45, 7) is 4.32. The van der Waals surface area contributed by atoms with Crippen molar-refractivity contribution in [1.29, 1.82) is 0 Å². The van der Waals surface area contributed by atoms with Gasteiger partial charge in [-0.3, -0.25) is 0 Å². The van der Waals surface area contributed by atoms with Crippen molar-refractivity contribution < 1.29 is 9.13 Å². The lowest BCUT2D eigenvalue weighted by molar-refractivity contribution is 0.134. The molecule has 0 saturated carbocycles. The molecule has 3 N–H and O–H groups in total. The molecule has 0 aliphatic heterocycles. The molecule has 1 rings (SSSR count). The maximum Gasteiger partial charge on any atom is 0.135 e. The number of nitrogens with two attached hydrogens (primary N) is 1. The summed E-state index contributed by atoms with van der Waals surface area (Å²) in [7, 11) is 0. The van der Waals surface area contributed by atoms with Gasteiger partial charge in [-0.1, -0.05) is 19.1 Å². The molecule has 5 heteroatoms. The van der Waals surface area contributed by atoms with Crippen LogP contribution in [0.15, 0.2) is 18.2 Å². The molecule has 0 radical (unpaired) electrons. The van der Waals surface area contributed by atoms with E-state index < -0.39 is 5.82 Å². The van der Waals surface area contributed by atoms with Gasteiger partial charge in [-0.2, -0.15) is 0 Å². The molecule has 1 aromatic rings. The first-order valence-electron chi connectivity index (χ1n) is 6.06. The molecule has 0 heterocycles. The lowest BCUT2D eigenvalue weighted by Gasteiger charge is -2.08. The maximum atomic E-state index is 13.5. The van der Waals surface area contributed by atoms with Gasteiger partial charge in [0.25, 0.3) is 0 Å². The molecule has 3 nitrogen and oxygen atoms in total. The Hall–Kier alpha value is -1.20. The van der Waals surface area contributed by atoms with Crippen LogP contribution in [0.1, 0.15) is 25.3 Å². The molecule has 0 unspecified atom stereocenters. The molecule has 0 spiro atoms. The largest absolute Gasteiger partial charge is 0.389 e. The Labute approximate surface area is 113 Å². The molecule has 0 amide bonds. The van der Waals surface area contributed by atoms with Gasteiger partial charge in [-0.05, 0) is 31.0 Å². The topological polar surface area (TPSA) is 47.3 Å². The number of halogens is 1. The van der Waals surface area contributed by atoms with E-state index in [0.29, 0.717) is 6.61 Å². The molecular formula is C13H19FN2OS. The third kappa shape index (κ3) is 4.98. The number of ether oxygens (including phenoxy) is 1. The van der Waals surface area contributed by atoms with Crippen LogP contribution in [0.5, 0.6) is 0 Å². The highest BCUT2D eigenvalue weighted by molar-refractivity contribution is 7.80. The lowest BCUT2D eigenvalue weighted by Crippen LogP contribution is -2.12. The van der Waals surface area contributed by atoms with E-state index in [2.05, 4.69) is 12.2 Å². The first-order valence-corrected chi connectivity index (χ1v) is 6.47. The van der Waals surface area contributed by atoms with Crippen molar-refractivity contribution in [3.63, 3.8) is 0 Å². The normalized spacial score (nSPS) is 10.3. The summed E-state index contributed by atoms with van der Waals surface area (Å²) in [5.74, 6) is -0.394. The van der Waals surface area contributed by atoms with E-state index in [0.717, 1.165) is 31.7 Å². The second-order valence-electron chi connectivity index (χ2n) is 3.95. The van der Waals surface area contributed by atoms with Crippen LogP contribution < -0.4 is 11.1 Å². The van der Waals surface area contributed by atoms with Crippen molar-refractivity contribution in [2.45, 2.75) is 19.8 Å². The van der Waals surface area contributed by atoms with Gasteiger partial charge in [0.15, 0.2) is 0 Å². The van der Waals surface area contributed by atoms with Crippen LogP contribution in [0, 0.1) is 5.82 Å². The van der Waals surface area contributed by atoms with Crippen LogP contribution in [0.3, 0.4) is 0 Å². The smallest absolute Gasteiger partial charge is 0.135 e. The Morgan fingerprint density at radius 2 is 2.22 bits per heavy atom. The fourth-order valence-corrected chi connectivity index (χ4v) is 1.64. The van der Waals surface area contributed by atoms with Gasteiger partial charge >= 0.3 is 0 Å². The van der Waals surface area contributed by atoms with Crippen molar-refractivity contribution in [1.82, 2.24) is 0 Å². The van der Waals surface area contributed by atoms with E-state index in [1.165, 1.54) is 6.07 Å². The number of hydrogen-bond acceptors (Lipinski definition) is 3. The number of hydrogen-bond donors (Lipinski definition) is 2. The summed E-state index contributed by atoms with van der Waals surface area (Å²) in [4.78, 5) is 0.0759. The van der Waals surface area contributed by atoms with Gasteiger partial charge in [-0.25, -0.2) is 4.39 Å². The van der Waals surface area contributed by atoms with Gasteiger partial charge in [0.2, 0.25) is 0 Å². The van der Waals surface area contributed by atoms with E-state index >= 15 is 0 Å². The Bertz CT molecular complexity index is 399.